The standard InChI is InChI=1S/C16H24N2O/c1-3-7-14-9-4-5-10-15(14)17-16(19)18-11-6-8-13(2)12-18/h4-5,9-10,13H,3,6-8,11-12H2,1-2H3,(H,17,19). The van der Waals surface area contributed by atoms with E-state index in [4.69, 9.17) is 0 Å². The first kappa shape index (κ1) is 13.9. The minimum Gasteiger partial charge on any atom is -0.324 e. The third-order valence-corrected chi connectivity index (χ3v) is 3.72. The molecule has 0 spiro atoms. The van der Waals surface area contributed by atoms with Crippen LogP contribution in [-0.2, 0) is 6.42 Å². The van der Waals surface area contributed by atoms with Crippen LogP contribution < -0.4 is 5.32 Å². The Bertz CT molecular complexity index is 431. The Morgan fingerprint density at radius 2 is 2.21 bits per heavy atom. The van der Waals surface area contributed by atoms with Crippen LogP contribution >= 0.6 is 0 Å². The molecule has 0 radical (unpaired) electrons. The molecule has 1 atom stereocenters. The summed E-state index contributed by atoms with van der Waals surface area (Å²) in [5, 5.41) is 3.07. The normalized spacial score (nSPS) is 19.3. The first-order chi connectivity index (χ1) is 9.20. The number of benzene rings is 1. The van der Waals surface area contributed by atoms with Crippen molar-refractivity contribution in [2.45, 2.75) is 39.5 Å². The summed E-state index contributed by atoms with van der Waals surface area (Å²) in [6.07, 6.45) is 4.45. The first-order valence-corrected chi connectivity index (χ1v) is 7.34. The lowest BCUT2D eigenvalue weighted by molar-refractivity contribution is 0.182. The molecule has 1 unspecified atom stereocenters. The number of likely N-dealkylation sites (tertiary alicyclic amines) is 1. The van der Waals surface area contributed by atoms with Gasteiger partial charge in [0.25, 0.3) is 0 Å². The van der Waals surface area contributed by atoms with E-state index in [9.17, 15) is 4.79 Å². The number of hydrogen-bond acceptors (Lipinski definition) is 1. The quantitative estimate of drug-likeness (QED) is 0.878. The molecule has 2 amide bonds. The number of nitrogens with one attached hydrogen (secondary N) is 1. The Morgan fingerprint density at radius 1 is 1.42 bits per heavy atom. The van der Waals surface area contributed by atoms with Gasteiger partial charge in [0.15, 0.2) is 0 Å². The lowest BCUT2D eigenvalue weighted by Crippen LogP contribution is -2.41. The van der Waals surface area contributed by atoms with Crippen molar-refractivity contribution in [3.8, 4) is 0 Å². The van der Waals surface area contributed by atoms with Gasteiger partial charge in [-0.05, 0) is 36.8 Å². The Morgan fingerprint density at radius 3 is 2.95 bits per heavy atom. The second-order valence-electron chi connectivity index (χ2n) is 5.53. The van der Waals surface area contributed by atoms with Gasteiger partial charge in [0.2, 0.25) is 0 Å². The number of hydrogen-bond donors (Lipinski definition) is 1. The van der Waals surface area contributed by atoms with Crippen LogP contribution in [0, 0.1) is 5.92 Å². The highest BCUT2D eigenvalue weighted by Gasteiger charge is 2.21. The zero-order valence-corrected chi connectivity index (χ0v) is 12.0. The predicted molar refractivity (Wildman–Crippen MR) is 79.4 cm³/mol. The zero-order chi connectivity index (χ0) is 13.7. The third kappa shape index (κ3) is 3.72. The van der Waals surface area contributed by atoms with Gasteiger partial charge in [-0.25, -0.2) is 4.79 Å². The molecule has 1 N–H and O–H groups in total. The number of aryl methyl sites for hydroxylation is 1. The largest absolute Gasteiger partial charge is 0.324 e. The number of amides is 2. The average molecular weight is 260 g/mol. The molecule has 1 heterocycles. The van der Waals surface area contributed by atoms with Crippen molar-refractivity contribution in [1.82, 2.24) is 4.90 Å². The molecule has 3 heteroatoms. The first-order valence-electron chi connectivity index (χ1n) is 7.34. The topological polar surface area (TPSA) is 32.3 Å². The summed E-state index contributed by atoms with van der Waals surface area (Å²) >= 11 is 0. The van der Waals surface area contributed by atoms with Gasteiger partial charge in [-0.1, -0.05) is 38.5 Å². The maximum Gasteiger partial charge on any atom is 0.321 e. The highest BCUT2D eigenvalue weighted by atomic mass is 16.2. The van der Waals surface area contributed by atoms with Crippen LogP contribution in [0.2, 0.25) is 0 Å². The zero-order valence-electron chi connectivity index (χ0n) is 12.0. The van der Waals surface area contributed by atoms with E-state index in [1.807, 2.05) is 23.1 Å². The summed E-state index contributed by atoms with van der Waals surface area (Å²) < 4.78 is 0. The van der Waals surface area contributed by atoms with E-state index in [0.717, 1.165) is 38.0 Å². The van der Waals surface area contributed by atoms with Crippen molar-refractivity contribution in [2.75, 3.05) is 18.4 Å². The summed E-state index contributed by atoms with van der Waals surface area (Å²) in [6.45, 7) is 6.13. The van der Waals surface area contributed by atoms with Gasteiger partial charge in [-0.2, -0.15) is 0 Å². The Kier molecular flexibility index (Phi) is 4.83. The third-order valence-electron chi connectivity index (χ3n) is 3.72. The molecule has 1 aliphatic rings. The number of rotatable bonds is 3. The summed E-state index contributed by atoms with van der Waals surface area (Å²) in [6, 6.07) is 8.15. The monoisotopic (exact) mass is 260 g/mol. The number of anilines is 1. The van der Waals surface area contributed by atoms with Crippen molar-refractivity contribution in [1.29, 1.82) is 0 Å². The van der Waals surface area contributed by atoms with Crippen LogP contribution in [0.1, 0.15) is 38.7 Å². The molecular formula is C16H24N2O. The fourth-order valence-electron chi connectivity index (χ4n) is 2.70. The van der Waals surface area contributed by atoms with E-state index >= 15 is 0 Å². The van der Waals surface area contributed by atoms with E-state index in [0.29, 0.717) is 5.92 Å². The minimum atomic E-state index is 0.0510. The Labute approximate surface area is 116 Å². The molecule has 0 bridgehead atoms. The van der Waals surface area contributed by atoms with Crippen molar-refractivity contribution < 1.29 is 4.79 Å². The van der Waals surface area contributed by atoms with E-state index in [2.05, 4.69) is 25.2 Å². The van der Waals surface area contributed by atoms with Crippen LogP contribution in [0.25, 0.3) is 0 Å². The van der Waals surface area contributed by atoms with Crippen LogP contribution in [-0.4, -0.2) is 24.0 Å². The minimum absolute atomic E-state index is 0.0510. The second kappa shape index (κ2) is 6.60. The molecule has 104 valence electrons. The molecule has 3 nitrogen and oxygen atoms in total. The van der Waals surface area contributed by atoms with E-state index in [-0.39, 0.29) is 6.03 Å². The fraction of sp³-hybridized carbons (Fsp3) is 0.562. The van der Waals surface area contributed by atoms with Gasteiger partial charge < -0.3 is 10.2 Å². The number of carbonyl (C=O) groups is 1. The van der Waals surface area contributed by atoms with Crippen molar-refractivity contribution >= 4 is 11.7 Å². The summed E-state index contributed by atoms with van der Waals surface area (Å²) in [5.74, 6) is 0.616. The van der Waals surface area contributed by atoms with Gasteiger partial charge in [0.1, 0.15) is 0 Å². The highest BCUT2D eigenvalue weighted by Crippen LogP contribution is 2.20. The number of carbonyl (C=O) groups excluding carboxylic acids is 1. The number of nitrogens with zero attached hydrogens (tertiary/aromatic N) is 1. The van der Waals surface area contributed by atoms with Crippen molar-refractivity contribution in [2.24, 2.45) is 5.92 Å². The van der Waals surface area contributed by atoms with Crippen molar-refractivity contribution in [3.63, 3.8) is 0 Å². The summed E-state index contributed by atoms with van der Waals surface area (Å²) in [4.78, 5) is 14.2. The van der Waals surface area contributed by atoms with Crippen LogP contribution in [0.3, 0.4) is 0 Å². The molecule has 19 heavy (non-hydrogen) atoms. The number of piperidine rings is 1. The highest BCUT2D eigenvalue weighted by molar-refractivity contribution is 5.90. The summed E-state index contributed by atoms with van der Waals surface area (Å²) in [5.41, 5.74) is 2.19. The summed E-state index contributed by atoms with van der Waals surface area (Å²) in [7, 11) is 0. The predicted octanol–water partition coefficient (Wildman–Crippen LogP) is 3.90. The Hall–Kier alpha value is -1.51. The molecule has 1 saturated heterocycles. The van der Waals surface area contributed by atoms with E-state index in [1.165, 1.54) is 12.0 Å². The van der Waals surface area contributed by atoms with Gasteiger partial charge in [-0.15, -0.1) is 0 Å². The molecule has 0 saturated carbocycles. The molecule has 1 aromatic carbocycles. The molecule has 0 aromatic heterocycles. The van der Waals surface area contributed by atoms with E-state index < -0.39 is 0 Å². The van der Waals surface area contributed by atoms with Gasteiger partial charge >= 0.3 is 6.03 Å². The molecule has 1 fully saturated rings. The van der Waals surface area contributed by atoms with E-state index in [1.54, 1.807) is 0 Å². The van der Waals surface area contributed by atoms with Gasteiger partial charge in [-0.3, -0.25) is 0 Å². The number of para-hydroxylation sites is 1. The molecule has 2 rings (SSSR count). The molecule has 1 aliphatic heterocycles. The smallest absolute Gasteiger partial charge is 0.321 e. The van der Waals surface area contributed by atoms with Crippen molar-refractivity contribution in [3.05, 3.63) is 29.8 Å². The van der Waals surface area contributed by atoms with Crippen LogP contribution in [0.15, 0.2) is 24.3 Å². The second-order valence-corrected chi connectivity index (χ2v) is 5.53. The molecular weight excluding hydrogens is 236 g/mol. The van der Waals surface area contributed by atoms with Crippen LogP contribution in [0.5, 0.6) is 0 Å². The maximum absolute atomic E-state index is 12.3. The Balaban J connectivity index is 2.02. The lowest BCUT2D eigenvalue weighted by atomic mass is 10.0. The lowest BCUT2D eigenvalue weighted by Gasteiger charge is -2.31. The van der Waals surface area contributed by atoms with Gasteiger partial charge in [0.05, 0.1) is 0 Å². The SMILES string of the molecule is CCCc1ccccc1NC(=O)N1CCCC(C)C1. The average Bonchev–Trinajstić information content (AvgIpc) is 2.41. The molecule has 0 aliphatic carbocycles. The number of urea groups is 1. The molecule has 1 aromatic rings. The van der Waals surface area contributed by atoms with Crippen LogP contribution in [0.4, 0.5) is 10.5 Å². The van der Waals surface area contributed by atoms with Gasteiger partial charge in [0, 0.05) is 18.8 Å². The maximum atomic E-state index is 12.3. The fourth-order valence-corrected chi connectivity index (χ4v) is 2.70.